The molecule has 7 nitrogen and oxygen atoms in total. The first-order valence-corrected chi connectivity index (χ1v) is 10.9. The molecule has 1 aromatic heterocycles. The van der Waals surface area contributed by atoms with Crippen molar-refractivity contribution >= 4 is 29.3 Å². The maximum Gasteiger partial charge on any atom is 0.240 e. The second-order valence-electron chi connectivity index (χ2n) is 7.25. The molecular weight excluding hydrogens is 412 g/mol. The zero-order valence-electron chi connectivity index (χ0n) is 17.6. The Labute approximate surface area is 185 Å². The summed E-state index contributed by atoms with van der Waals surface area (Å²) in [6, 6.07) is 15.5. The molecule has 0 aliphatic heterocycles. The monoisotopic (exact) mass is 438 g/mol. The van der Waals surface area contributed by atoms with Gasteiger partial charge in [0.15, 0.2) is 5.16 Å². The fraction of sp³-hybridized carbons (Fsp3) is 0.261. The molecule has 0 aliphatic carbocycles. The van der Waals surface area contributed by atoms with E-state index in [1.165, 1.54) is 18.0 Å². The van der Waals surface area contributed by atoms with Crippen molar-refractivity contribution in [2.45, 2.75) is 38.7 Å². The Morgan fingerprint density at radius 1 is 1.06 bits per heavy atom. The van der Waals surface area contributed by atoms with Crippen molar-refractivity contribution < 1.29 is 14.7 Å². The molecular formula is C23H26N4O3S. The lowest BCUT2D eigenvalue weighted by Crippen LogP contribution is -2.28. The molecule has 0 saturated heterocycles. The molecule has 3 aromatic rings. The van der Waals surface area contributed by atoms with Crippen LogP contribution in [-0.4, -0.2) is 32.2 Å². The minimum absolute atomic E-state index is 0.0174. The molecule has 1 heterocycles. The number of nitrogens with one attached hydrogen (secondary N) is 2. The fourth-order valence-corrected chi connectivity index (χ4v) is 3.76. The molecule has 0 unspecified atom stereocenters. The largest absolute Gasteiger partial charge is 0.390 e. The number of thioether (sulfide) groups is 1. The molecule has 0 bridgehead atoms. The van der Waals surface area contributed by atoms with Crippen molar-refractivity contribution in [2.24, 2.45) is 0 Å². The molecule has 2 amide bonds. The van der Waals surface area contributed by atoms with E-state index in [0.29, 0.717) is 17.4 Å². The molecule has 31 heavy (non-hydrogen) atoms. The van der Waals surface area contributed by atoms with E-state index in [-0.39, 0.29) is 30.7 Å². The quantitative estimate of drug-likeness (QED) is 0.446. The van der Waals surface area contributed by atoms with Crippen LogP contribution in [0.5, 0.6) is 0 Å². The second-order valence-corrected chi connectivity index (χ2v) is 8.19. The summed E-state index contributed by atoms with van der Waals surface area (Å²) in [6.45, 7) is 4.17. The topological polar surface area (TPSA) is 96.2 Å². The summed E-state index contributed by atoms with van der Waals surface area (Å²) in [4.78, 5) is 29.0. The van der Waals surface area contributed by atoms with Crippen molar-refractivity contribution in [2.75, 3.05) is 11.1 Å². The van der Waals surface area contributed by atoms with Gasteiger partial charge >= 0.3 is 0 Å². The summed E-state index contributed by atoms with van der Waals surface area (Å²) in [7, 11) is 0. The van der Waals surface area contributed by atoms with E-state index in [4.69, 9.17) is 0 Å². The van der Waals surface area contributed by atoms with Crippen LogP contribution in [0.2, 0.25) is 0 Å². The lowest BCUT2D eigenvalue weighted by molar-refractivity contribution is -0.122. The molecule has 0 saturated carbocycles. The number of amides is 2. The van der Waals surface area contributed by atoms with Gasteiger partial charge in [-0.15, -0.1) is 0 Å². The van der Waals surface area contributed by atoms with Gasteiger partial charge in [-0.1, -0.05) is 53.7 Å². The molecule has 2 aromatic carbocycles. The van der Waals surface area contributed by atoms with Crippen molar-refractivity contribution in [1.29, 1.82) is 0 Å². The van der Waals surface area contributed by atoms with E-state index < -0.39 is 0 Å². The van der Waals surface area contributed by atoms with E-state index in [2.05, 4.69) is 15.6 Å². The Bertz CT molecular complexity index is 1050. The Balaban J connectivity index is 1.57. The number of hydrogen-bond donors (Lipinski definition) is 3. The van der Waals surface area contributed by atoms with Gasteiger partial charge in [0.05, 0.1) is 24.3 Å². The average Bonchev–Trinajstić information content (AvgIpc) is 3.13. The number of carbonyl (C=O) groups is 2. The van der Waals surface area contributed by atoms with E-state index in [0.717, 1.165) is 22.4 Å². The van der Waals surface area contributed by atoms with Crippen LogP contribution in [0.25, 0.3) is 0 Å². The first kappa shape index (κ1) is 22.6. The van der Waals surface area contributed by atoms with Gasteiger partial charge in [0.2, 0.25) is 11.8 Å². The first-order valence-electron chi connectivity index (χ1n) is 9.91. The van der Waals surface area contributed by atoms with Crippen molar-refractivity contribution in [1.82, 2.24) is 14.9 Å². The van der Waals surface area contributed by atoms with Crippen molar-refractivity contribution in [3.63, 3.8) is 0 Å². The number of aliphatic hydroxyl groups is 1. The molecule has 0 fully saturated rings. The number of imidazole rings is 1. The fourth-order valence-electron chi connectivity index (χ4n) is 2.96. The highest BCUT2D eigenvalue weighted by Gasteiger charge is 2.15. The summed E-state index contributed by atoms with van der Waals surface area (Å²) >= 11 is 1.22. The first-order chi connectivity index (χ1) is 14.9. The number of anilines is 1. The average molecular weight is 439 g/mol. The SMILES string of the molecule is Cc1ccc(CNC(=O)Cn2c(CO)cnc2SCC(=O)Nc2cccc(C)c2)cc1. The van der Waals surface area contributed by atoms with Crippen LogP contribution in [0.15, 0.2) is 59.9 Å². The summed E-state index contributed by atoms with van der Waals surface area (Å²) in [5.74, 6) is -0.222. The summed E-state index contributed by atoms with van der Waals surface area (Å²) in [6.07, 6.45) is 1.52. The van der Waals surface area contributed by atoms with Crippen LogP contribution in [0.4, 0.5) is 5.69 Å². The maximum atomic E-state index is 12.5. The molecule has 162 valence electrons. The molecule has 0 spiro atoms. The van der Waals surface area contributed by atoms with Gasteiger partial charge in [-0.3, -0.25) is 9.59 Å². The Kier molecular flexibility index (Phi) is 7.86. The summed E-state index contributed by atoms with van der Waals surface area (Å²) in [5, 5.41) is 15.8. The van der Waals surface area contributed by atoms with E-state index in [9.17, 15) is 14.7 Å². The van der Waals surface area contributed by atoms with Gasteiger partial charge in [-0.05, 0) is 37.1 Å². The minimum Gasteiger partial charge on any atom is -0.390 e. The highest BCUT2D eigenvalue weighted by Crippen LogP contribution is 2.19. The van der Waals surface area contributed by atoms with Gasteiger partial charge in [-0.25, -0.2) is 4.98 Å². The predicted molar refractivity (Wildman–Crippen MR) is 122 cm³/mol. The Morgan fingerprint density at radius 2 is 1.84 bits per heavy atom. The molecule has 3 N–H and O–H groups in total. The van der Waals surface area contributed by atoms with E-state index >= 15 is 0 Å². The van der Waals surface area contributed by atoms with Gasteiger partial charge in [-0.2, -0.15) is 0 Å². The van der Waals surface area contributed by atoms with Crippen LogP contribution in [0.3, 0.4) is 0 Å². The number of aromatic nitrogens is 2. The van der Waals surface area contributed by atoms with Crippen LogP contribution in [0, 0.1) is 13.8 Å². The lowest BCUT2D eigenvalue weighted by atomic mass is 10.1. The molecule has 0 atom stereocenters. The summed E-state index contributed by atoms with van der Waals surface area (Å²) in [5.41, 5.74) is 4.49. The standard InChI is InChI=1S/C23H26N4O3S/c1-16-6-8-18(9-7-16)11-24-21(29)13-27-20(14-28)12-25-23(27)31-15-22(30)26-19-5-3-4-17(2)10-19/h3-10,12,28H,11,13-15H2,1-2H3,(H,24,29)(H,26,30). The van der Waals surface area contributed by atoms with Crippen LogP contribution in [0.1, 0.15) is 22.4 Å². The zero-order valence-corrected chi connectivity index (χ0v) is 18.4. The molecule has 8 heteroatoms. The normalized spacial score (nSPS) is 10.7. The predicted octanol–water partition coefficient (Wildman–Crippen LogP) is 3.04. The van der Waals surface area contributed by atoms with Gasteiger partial charge < -0.3 is 20.3 Å². The number of carbonyl (C=O) groups excluding carboxylic acids is 2. The van der Waals surface area contributed by atoms with E-state index in [1.54, 1.807) is 4.57 Å². The van der Waals surface area contributed by atoms with Gasteiger partial charge in [0.25, 0.3) is 0 Å². The number of rotatable bonds is 9. The maximum absolute atomic E-state index is 12.5. The Morgan fingerprint density at radius 3 is 2.55 bits per heavy atom. The number of aryl methyl sites for hydroxylation is 2. The smallest absolute Gasteiger partial charge is 0.240 e. The van der Waals surface area contributed by atoms with E-state index in [1.807, 2.05) is 62.4 Å². The molecule has 3 rings (SSSR count). The second kappa shape index (κ2) is 10.8. The lowest BCUT2D eigenvalue weighted by Gasteiger charge is -2.11. The minimum atomic E-state index is -0.242. The number of nitrogens with zero attached hydrogens (tertiary/aromatic N) is 2. The number of benzene rings is 2. The highest BCUT2D eigenvalue weighted by molar-refractivity contribution is 7.99. The number of hydrogen-bond acceptors (Lipinski definition) is 5. The van der Waals surface area contributed by atoms with Crippen molar-refractivity contribution in [3.05, 3.63) is 77.1 Å². The third kappa shape index (κ3) is 6.70. The van der Waals surface area contributed by atoms with Crippen LogP contribution >= 0.6 is 11.8 Å². The summed E-state index contributed by atoms with van der Waals surface area (Å²) < 4.78 is 1.63. The third-order valence-corrected chi connectivity index (χ3v) is 5.60. The third-order valence-electron chi connectivity index (χ3n) is 4.61. The highest BCUT2D eigenvalue weighted by atomic mass is 32.2. The Hall–Kier alpha value is -3.10. The molecule has 0 aliphatic rings. The zero-order chi connectivity index (χ0) is 22.2. The molecule has 0 radical (unpaired) electrons. The van der Waals surface area contributed by atoms with Crippen molar-refractivity contribution in [3.8, 4) is 0 Å². The van der Waals surface area contributed by atoms with Gasteiger partial charge in [0, 0.05) is 12.2 Å². The van der Waals surface area contributed by atoms with Crippen LogP contribution in [-0.2, 0) is 29.3 Å². The van der Waals surface area contributed by atoms with Crippen LogP contribution < -0.4 is 10.6 Å². The number of aliphatic hydroxyl groups excluding tert-OH is 1. The van der Waals surface area contributed by atoms with Gasteiger partial charge in [0.1, 0.15) is 6.54 Å².